The number of carbonyl (C=O) groups excluding carboxylic acids is 1. The molecule has 8 heteroatoms. The third-order valence-electron chi connectivity index (χ3n) is 4.06. The zero-order valence-electron chi connectivity index (χ0n) is 12.8. The average Bonchev–Trinajstić information content (AvgIpc) is 3.28. The SMILES string of the molecule is O=C(Cn1ccc2c(Cl)cccc21)Nc1n[nH]c([C@H]2CCCO2)n1. The van der Waals surface area contributed by atoms with E-state index in [4.69, 9.17) is 16.3 Å². The molecule has 0 spiro atoms. The number of carbonyl (C=O) groups is 1. The topological polar surface area (TPSA) is 84.8 Å². The molecule has 0 unspecified atom stereocenters. The maximum Gasteiger partial charge on any atom is 0.248 e. The van der Waals surface area contributed by atoms with Crippen molar-refractivity contribution in [2.75, 3.05) is 11.9 Å². The molecule has 4 rings (SSSR count). The van der Waals surface area contributed by atoms with Crippen LogP contribution in [0.4, 0.5) is 5.95 Å². The van der Waals surface area contributed by atoms with Gasteiger partial charge in [0.2, 0.25) is 11.9 Å². The standard InChI is InChI=1S/C16H16ClN5O2/c17-11-3-1-4-12-10(11)6-7-22(12)9-14(23)18-16-19-15(20-21-16)13-5-2-8-24-13/h1,3-4,6-7,13H,2,5,8-9H2,(H2,18,19,20,21,23)/t13-/m1/s1. The van der Waals surface area contributed by atoms with E-state index in [0.29, 0.717) is 10.8 Å². The van der Waals surface area contributed by atoms with Crippen LogP contribution in [0.5, 0.6) is 0 Å². The van der Waals surface area contributed by atoms with E-state index < -0.39 is 0 Å². The predicted molar refractivity (Wildman–Crippen MR) is 89.9 cm³/mol. The lowest BCUT2D eigenvalue weighted by molar-refractivity contribution is -0.116. The number of amides is 1. The highest BCUT2D eigenvalue weighted by Crippen LogP contribution is 2.26. The van der Waals surface area contributed by atoms with E-state index in [1.54, 1.807) is 0 Å². The van der Waals surface area contributed by atoms with Gasteiger partial charge in [-0.1, -0.05) is 17.7 Å². The summed E-state index contributed by atoms with van der Waals surface area (Å²) in [7, 11) is 0. The van der Waals surface area contributed by atoms with Crippen LogP contribution in [0.1, 0.15) is 24.8 Å². The van der Waals surface area contributed by atoms with Crippen LogP contribution in [0.2, 0.25) is 5.02 Å². The maximum absolute atomic E-state index is 12.2. The number of anilines is 1. The van der Waals surface area contributed by atoms with E-state index in [0.717, 1.165) is 30.4 Å². The van der Waals surface area contributed by atoms with Crippen molar-refractivity contribution in [1.29, 1.82) is 0 Å². The van der Waals surface area contributed by atoms with Crippen LogP contribution in [0.25, 0.3) is 10.9 Å². The van der Waals surface area contributed by atoms with Gasteiger partial charge in [-0.15, -0.1) is 5.10 Å². The molecule has 1 aliphatic heterocycles. The largest absolute Gasteiger partial charge is 0.370 e. The number of fused-ring (bicyclic) bond motifs is 1. The lowest BCUT2D eigenvalue weighted by atomic mass is 10.2. The summed E-state index contributed by atoms with van der Waals surface area (Å²) in [6.45, 7) is 0.893. The molecule has 2 aromatic heterocycles. The molecular weight excluding hydrogens is 330 g/mol. The van der Waals surface area contributed by atoms with E-state index in [9.17, 15) is 4.79 Å². The number of H-pyrrole nitrogens is 1. The highest BCUT2D eigenvalue weighted by atomic mass is 35.5. The lowest BCUT2D eigenvalue weighted by Crippen LogP contribution is -2.19. The zero-order chi connectivity index (χ0) is 16.5. The van der Waals surface area contributed by atoms with Crippen molar-refractivity contribution in [2.45, 2.75) is 25.5 Å². The van der Waals surface area contributed by atoms with Gasteiger partial charge in [0.05, 0.1) is 0 Å². The summed E-state index contributed by atoms with van der Waals surface area (Å²) < 4.78 is 7.38. The summed E-state index contributed by atoms with van der Waals surface area (Å²) in [6, 6.07) is 7.51. The molecule has 124 valence electrons. The highest BCUT2D eigenvalue weighted by Gasteiger charge is 2.21. The van der Waals surface area contributed by atoms with Crippen LogP contribution in [0.3, 0.4) is 0 Å². The number of nitrogens with one attached hydrogen (secondary N) is 2. The summed E-state index contributed by atoms with van der Waals surface area (Å²) in [5.74, 6) is 0.714. The minimum atomic E-state index is -0.203. The Kier molecular flexibility index (Phi) is 3.95. The molecule has 1 saturated heterocycles. The van der Waals surface area contributed by atoms with Crippen molar-refractivity contribution in [2.24, 2.45) is 0 Å². The first-order valence-electron chi connectivity index (χ1n) is 7.78. The number of halogens is 1. The molecule has 1 fully saturated rings. The fourth-order valence-electron chi connectivity index (χ4n) is 2.91. The van der Waals surface area contributed by atoms with Gasteiger partial charge in [-0.2, -0.15) is 4.98 Å². The van der Waals surface area contributed by atoms with Crippen LogP contribution in [-0.4, -0.2) is 32.3 Å². The summed E-state index contributed by atoms with van der Waals surface area (Å²) in [5, 5.41) is 11.1. The first kappa shape index (κ1) is 15.2. The minimum absolute atomic E-state index is 0.0568. The molecule has 0 aliphatic carbocycles. The van der Waals surface area contributed by atoms with Gasteiger partial charge in [-0.25, -0.2) is 0 Å². The highest BCUT2D eigenvalue weighted by molar-refractivity contribution is 6.35. The van der Waals surface area contributed by atoms with Crippen molar-refractivity contribution in [3.63, 3.8) is 0 Å². The molecule has 1 atom stereocenters. The van der Waals surface area contributed by atoms with Crippen LogP contribution < -0.4 is 5.32 Å². The summed E-state index contributed by atoms with van der Waals surface area (Å²) in [5.41, 5.74) is 0.910. The Morgan fingerprint density at radius 2 is 2.38 bits per heavy atom. The normalized spacial score (nSPS) is 17.5. The predicted octanol–water partition coefficient (Wildman–Crippen LogP) is 2.90. The third-order valence-corrected chi connectivity index (χ3v) is 4.39. The van der Waals surface area contributed by atoms with Gasteiger partial charge < -0.3 is 9.30 Å². The Bertz CT molecular complexity index is 882. The van der Waals surface area contributed by atoms with Crippen LogP contribution in [0.15, 0.2) is 30.5 Å². The monoisotopic (exact) mass is 345 g/mol. The molecule has 24 heavy (non-hydrogen) atoms. The first-order chi connectivity index (χ1) is 11.7. The summed E-state index contributed by atoms with van der Waals surface area (Å²) in [6.07, 6.45) is 3.71. The number of ether oxygens (including phenoxy) is 1. The fourth-order valence-corrected chi connectivity index (χ4v) is 3.14. The third kappa shape index (κ3) is 2.88. The molecular formula is C16H16ClN5O2. The molecule has 1 aliphatic rings. The second kappa shape index (κ2) is 6.26. The van der Waals surface area contributed by atoms with Gasteiger partial charge in [0.25, 0.3) is 0 Å². The molecule has 0 bridgehead atoms. The Hall–Kier alpha value is -2.38. The first-order valence-corrected chi connectivity index (χ1v) is 8.15. The van der Waals surface area contributed by atoms with E-state index in [1.165, 1.54) is 0 Å². The number of nitrogens with zero attached hydrogens (tertiary/aromatic N) is 3. The number of hydrogen-bond acceptors (Lipinski definition) is 4. The number of rotatable bonds is 4. The second-order valence-corrected chi connectivity index (χ2v) is 6.12. The fraction of sp³-hybridized carbons (Fsp3) is 0.312. The Morgan fingerprint density at radius 3 is 3.21 bits per heavy atom. The summed E-state index contributed by atoms with van der Waals surface area (Å²) in [4.78, 5) is 16.5. The van der Waals surface area contributed by atoms with E-state index in [1.807, 2.05) is 35.0 Å². The quantitative estimate of drug-likeness (QED) is 0.761. The molecule has 1 amide bonds. The number of benzene rings is 1. The van der Waals surface area contributed by atoms with Crippen LogP contribution in [0, 0.1) is 0 Å². The Morgan fingerprint density at radius 1 is 1.46 bits per heavy atom. The average molecular weight is 346 g/mol. The molecule has 1 aromatic carbocycles. The summed E-state index contributed by atoms with van der Waals surface area (Å²) >= 11 is 6.15. The second-order valence-electron chi connectivity index (χ2n) is 5.71. The van der Waals surface area contributed by atoms with E-state index in [-0.39, 0.29) is 24.5 Å². The molecule has 0 saturated carbocycles. The van der Waals surface area contributed by atoms with Crippen molar-refractivity contribution in [3.8, 4) is 0 Å². The molecule has 2 N–H and O–H groups in total. The van der Waals surface area contributed by atoms with Crippen LogP contribution >= 0.6 is 11.6 Å². The van der Waals surface area contributed by atoms with Crippen molar-refractivity contribution >= 4 is 34.4 Å². The number of hydrogen-bond donors (Lipinski definition) is 2. The van der Waals surface area contributed by atoms with Crippen LogP contribution in [-0.2, 0) is 16.1 Å². The van der Waals surface area contributed by atoms with Gasteiger partial charge in [-0.05, 0) is 31.0 Å². The van der Waals surface area contributed by atoms with Gasteiger partial charge in [-0.3, -0.25) is 15.2 Å². The lowest BCUT2D eigenvalue weighted by Gasteiger charge is -2.05. The maximum atomic E-state index is 12.2. The Balaban J connectivity index is 1.45. The smallest absolute Gasteiger partial charge is 0.248 e. The molecule has 0 radical (unpaired) electrons. The van der Waals surface area contributed by atoms with Gasteiger partial charge in [0.15, 0.2) is 5.82 Å². The van der Waals surface area contributed by atoms with Crippen molar-refractivity contribution in [1.82, 2.24) is 19.7 Å². The Labute approximate surface area is 143 Å². The molecule has 7 nitrogen and oxygen atoms in total. The molecule has 3 heterocycles. The minimum Gasteiger partial charge on any atom is -0.370 e. The van der Waals surface area contributed by atoms with Gasteiger partial charge in [0, 0.05) is 28.7 Å². The zero-order valence-corrected chi connectivity index (χ0v) is 13.6. The number of aromatic amines is 1. The van der Waals surface area contributed by atoms with Crippen molar-refractivity contribution < 1.29 is 9.53 Å². The van der Waals surface area contributed by atoms with E-state index >= 15 is 0 Å². The van der Waals surface area contributed by atoms with Gasteiger partial charge >= 0.3 is 0 Å². The van der Waals surface area contributed by atoms with Crippen molar-refractivity contribution in [3.05, 3.63) is 41.3 Å². The number of aromatic nitrogens is 4. The molecule has 3 aromatic rings. The van der Waals surface area contributed by atoms with E-state index in [2.05, 4.69) is 20.5 Å². The van der Waals surface area contributed by atoms with Gasteiger partial charge in [0.1, 0.15) is 12.6 Å².